The van der Waals surface area contributed by atoms with Gasteiger partial charge in [-0.3, -0.25) is 9.48 Å². The van der Waals surface area contributed by atoms with Gasteiger partial charge in [0.05, 0.1) is 16.6 Å². The Kier molecular flexibility index (Phi) is 3.38. The molecule has 0 bridgehead atoms. The predicted octanol–water partition coefficient (Wildman–Crippen LogP) is 3.62. The molecule has 2 heterocycles. The molecule has 3 rings (SSSR count). The van der Waals surface area contributed by atoms with Crippen LogP contribution in [-0.2, 0) is 0 Å². The van der Waals surface area contributed by atoms with Gasteiger partial charge in [-0.1, -0.05) is 18.2 Å². The van der Waals surface area contributed by atoms with Crippen LogP contribution in [0, 0.1) is 0 Å². The normalized spacial score (nSPS) is 17.1. The summed E-state index contributed by atoms with van der Waals surface area (Å²) in [5.74, 6) is -0.0303. The average Bonchev–Trinajstić information content (AvgIpc) is 3.01. The maximum absolute atomic E-state index is 12.9. The van der Waals surface area contributed by atoms with Crippen molar-refractivity contribution in [1.29, 1.82) is 0 Å². The highest BCUT2D eigenvalue weighted by Gasteiger charge is 2.32. The summed E-state index contributed by atoms with van der Waals surface area (Å²) < 4.78 is 2.55. The minimum atomic E-state index is -0.142. The minimum Gasteiger partial charge on any atom is -0.384 e. The van der Waals surface area contributed by atoms with Gasteiger partial charge in [0.15, 0.2) is 5.78 Å². The highest BCUT2D eigenvalue weighted by atomic mass is 79.9. The first kappa shape index (κ1) is 13.4. The average molecular weight is 334 g/mol. The fourth-order valence-electron chi connectivity index (χ4n) is 2.65. The Bertz CT molecular complexity index is 663. The third kappa shape index (κ3) is 2.06. The van der Waals surface area contributed by atoms with E-state index in [1.807, 2.05) is 38.1 Å². The van der Waals surface area contributed by atoms with Crippen molar-refractivity contribution in [2.24, 2.45) is 0 Å². The number of ketones is 1. The smallest absolute Gasteiger partial charge is 0.191 e. The molecule has 0 saturated heterocycles. The second kappa shape index (κ2) is 5.05. The van der Waals surface area contributed by atoms with E-state index < -0.39 is 0 Å². The summed E-state index contributed by atoms with van der Waals surface area (Å²) in [5, 5.41) is 7.59. The van der Waals surface area contributed by atoms with Gasteiger partial charge in [-0.15, -0.1) is 0 Å². The number of halogens is 1. The summed E-state index contributed by atoms with van der Waals surface area (Å²) in [6.07, 6.45) is 1.70. The van der Waals surface area contributed by atoms with Crippen LogP contribution in [0.1, 0.15) is 41.9 Å². The number of carbonyl (C=O) groups excluding carboxylic acids is 1. The second-order valence-electron chi connectivity index (χ2n) is 5.26. The molecule has 0 aliphatic carbocycles. The molecule has 4 nitrogen and oxygen atoms in total. The number of anilines is 1. The van der Waals surface area contributed by atoms with Crippen LogP contribution >= 0.6 is 15.9 Å². The number of aromatic nitrogens is 2. The van der Waals surface area contributed by atoms with Gasteiger partial charge >= 0.3 is 0 Å². The Morgan fingerprint density at radius 1 is 1.45 bits per heavy atom. The van der Waals surface area contributed by atoms with Crippen LogP contribution in [-0.4, -0.2) is 22.1 Å². The lowest BCUT2D eigenvalue weighted by Crippen LogP contribution is -2.20. The molecule has 1 unspecified atom stereocenters. The minimum absolute atomic E-state index is 0.112. The van der Waals surface area contributed by atoms with E-state index in [4.69, 9.17) is 0 Å². The SMILES string of the molecule is CC(C)n1ncc(Br)c1C(=O)C1CNc2ccccc21. The molecule has 0 radical (unpaired) electrons. The summed E-state index contributed by atoms with van der Waals surface area (Å²) in [5.41, 5.74) is 2.78. The third-order valence-corrected chi connectivity index (χ3v) is 4.20. The lowest BCUT2D eigenvalue weighted by Gasteiger charge is -2.14. The number of hydrogen-bond acceptors (Lipinski definition) is 3. The number of carbonyl (C=O) groups is 1. The molecule has 1 N–H and O–H groups in total. The molecule has 104 valence electrons. The first-order chi connectivity index (χ1) is 9.59. The largest absolute Gasteiger partial charge is 0.384 e. The van der Waals surface area contributed by atoms with Crippen molar-refractivity contribution >= 4 is 27.4 Å². The standard InChI is InChI=1S/C15H16BrN3O/c1-9(2)19-14(12(16)8-18-19)15(20)11-7-17-13-6-4-3-5-10(11)13/h3-6,8-9,11,17H,7H2,1-2H3. The Balaban J connectivity index is 2.01. The van der Waals surface area contributed by atoms with Crippen LogP contribution in [0.5, 0.6) is 0 Å². The van der Waals surface area contributed by atoms with E-state index in [0.29, 0.717) is 12.2 Å². The predicted molar refractivity (Wildman–Crippen MR) is 82.3 cm³/mol. The van der Waals surface area contributed by atoms with Crippen LogP contribution in [0.15, 0.2) is 34.9 Å². The monoisotopic (exact) mass is 333 g/mol. The molecule has 1 atom stereocenters. The van der Waals surface area contributed by atoms with E-state index in [-0.39, 0.29) is 17.7 Å². The van der Waals surface area contributed by atoms with Crippen molar-refractivity contribution in [2.75, 3.05) is 11.9 Å². The lowest BCUT2D eigenvalue weighted by atomic mass is 9.95. The number of fused-ring (bicyclic) bond motifs is 1. The van der Waals surface area contributed by atoms with Gasteiger partial charge < -0.3 is 5.32 Å². The van der Waals surface area contributed by atoms with Crippen LogP contribution in [0.4, 0.5) is 5.69 Å². The van der Waals surface area contributed by atoms with Gasteiger partial charge in [-0.05, 0) is 41.4 Å². The number of rotatable bonds is 3. The molecule has 20 heavy (non-hydrogen) atoms. The lowest BCUT2D eigenvalue weighted by molar-refractivity contribution is 0.0953. The van der Waals surface area contributed by atoms with Crippen molar-refractivity contribution in [1.82, 2.24) is 9.78 Å². The van der Waals surface area contributed by atoms with Gasteiger partial charge in [0, 0.05) is 18.3 Å². The number of Topliss-reactive ketones (excluding diaryl/α,β-unsaturated/α-hetero) is 1. The van der Waals surface area contributed by atoms with E-state index in [2.05, 4.69) is 26.3 Å². The van der Waals surface area contributed by atoms with E-state index >= 15 is 0 Å². The third-order valence-electron chi connectivity index (χ3n) is 3.62. The van der Waals surface area contributed by atoms with Crippen LogP contribution in [0.25, 0.3) is 0 Å². The van der Waals surface area contributed by atoms with E-state index in [1.165, 1.54) is 0 Å². The molecular formula is C15H16BrN3O. The zero-order chi connectivity index (χ0) is 14.3. The van der Waals surface area contributed by atoms with Crippen molar-refractivity contribution < 1.29 is 4.79 Å². The Labute approximate surface area is 126 Å². The molecule has 0 fully saturated rings. The molecule has 1 aliphatic heterocycles. The van der Waals surface area contributed by atoms with Crippen LogP contribution < -0.4 is 5.32 Å². The van der Waals surface area contributed by atoms with Crippen molar-refractivity contribution in [3.05, 3.63) is 46.2 Å². The second-order valence-corrected chi connectivity index (χ2v) is 6.12. The fraction of sp³-hybridized carbons (Fsp3) is 0.333. The molecule has 0 saturated carbocycles. The van der Waals surface area contributed by atoms with Crippen molar-refractivity contribution in [2.45, 2.75) is 25.8 Å². The number of nitrogens with zero attached hydrogens (tertiary/aromatic N) is 2. The Morgan fingerprint density at radius 3 is 2.95 bits per heavy atom. The van der Waals surface area contributed by atoms with Crippen molar-refractivity contribution in [3.63, 3.8) is 0 Å². The van der Waals surface area contributed by atoms with Gasteiger partial charge in [-0.25, -0.2) is 0 Å². The maximum Gasteiger partial charge on any atom is 0.191 e. The molecule has 2 aromatic rings. The number of para-hydroxylation sites is 1. The topological polar surface area (TPSA) is 46.9 Å². The molecule has 1 aromatic carbocycles. The van der Waals surface area contributed by atoms with Gasteiger partial charge in [0.1, 0.15) is 5.69 Å². The summed E-state index contributed by atoms with van der Waals surface area (Å²) in [4.78, 5) is 12.9. The fourth-order valence-corrected chi connectivity index (χ4v) is 3.11. The molecule has 0 amide bonds. The highest BCUT2D eigenvalue weighted by Crippen LogP contribution is 2.35. The first-order valence-corrected chi connectivity index (χ1v) is 7.49. The van der Waals surface area contributed by atoms with E-state index in [1.54, 1.807) is 10.9 Å². The molecule has 0 spiro atoms. The zero-order valence-corrected chi connectivity index (χ0v) is 13.0. The maximum atomic E-state index is 12.9. The van der Waals surface area contributed by atoms with Crippen molar-refractivity contribution in [3.8, 4) is 0 Å². The van der Waals surface area contributed by atoms with Crippen LogP contribution in [0.2, 0.25) is 0 Å². The summed E-state index contributed by atoms with van der Waals surface area (Å²) in [6, 6.07) is 8.14. The van der Waals surface area contributed by atoms with Gasteiger partial charge in [0.2, 0.25) is 0 Å². The molecule has 1 aliphatic rings. The molecule has 1 aromatic heterocycles. The summed E-state index contributed by atoms with van der Waals surface area (Å²) in [6.45, 7) is 4.70. The molecule has 5 heteroatoms. The van der Waals surface area contributed by atoms with Gasteiger partial charge in [-0.2, -0.15) is 5.10 Å². The summed E-state index contributed by atoms with van der Waals surface area (Å²) in [7, 11) is 0. The number of nitrogens with one attached hydrogen (secondary N) is 1. The molecular weight excluding hydrogens is 318 g/mol. The number of hydrogen-bond donors (Lipinski definition) is 1. The van der Waals surface area contributed by atoms with E-state index in [0.717, 1.165) is 15.7 Å². The quantitative estimate of drug-likeness (QED) is 0.872. The Hall–Kier alpha value is -1.62. The zero-order valence-electron chi connectivity index (χ0n) is 11.4. The van der Waals surface area contributed by atoms with Crippen LogP contribution in [0.3, 0.4) is 0 Å². The number of benzene rings is 1. The highest BCUT2D eigenvalue weighted by molar-refractivity contribution is 9.10. The van der Waals surface area contributed by atoms with Gasteiger partial charge in [0.25, 0.3) is 0 Å². The van der Waals surface area contributed by atoms with E-state index in [9.17, 15) is 4.79 Å². The summed E-state index contributed by atoms with van der Waals surface area (Å²) >= 11 is 3.45. The Morgan fingerprint density at radius 2 is 2.20 bits per heavy atom. The first-order valence-electron chi connectivity index (χ1n) is 6.69.